The van der Waals surface area contributed by atoms with Crippen molar-refractivity contribution >= 4 is 11.8 Å². The van der Waals surface area contributed by atoms with Gasteiger partial charge >= 0.3 is 0 Å². The van der Waals surface area contributed by atoms with Gasteiger partial charge in [0.1, 0.15) is 29.7 Å². The topological polar surface area (TPSA) is 88.0 Å². The number of thioether (sulfide) groups is 1. The maximum absolute atomic E-state index is 12.3. The number of aromatic amines is 1. The maximum atomic E-state index is 12.3. The van der Waals surface area contributed by atoms with Crippen LogP contribution in [-0.4, -0.2) is 23.3 Å². The summed E-state index contributed by atoms with van der Waals surface area (Å²) in [6.45, 7) is 0.253. The first kappa shape index (κ1) is 23.1. The average Bonchev–Trinajstić information content (AvgIpc) is 2.88. The van der Waals surface area contributed by atoms with Crippen molar-refractivity contribution in [3.05, 3.63) is 105 Å². The SMILES string of the molecule is COc1ccc(-c2nc(SC)[nH]c(=O)c2C#N)cc1COc1ccccc1Cc1ccccc1. The van der Waals surface area contributed by atoms with Gasteiger partial charge in [0.2, 0.25) is 0 Å². The van der Waals surface area contributed by atoms with E-state index in [1.807, 2.05) is 54.8 Å². The molecule has 0 atom stereocenters. The Hall–Kier alpha value is -4.02. The average molecular weight is 470 g/mol. The number of nitrogens with zero attached hydrogens (tertiary/aromatic N) is 2. The number of aromatic nitrogens is 2. The molecule has 0 aliphatic rings. The zero-order valence-electron chi connectivity index (χ0n) is 18.9. The minimum Gasteiger partial charge on any atom is -0.496 e. The van der Waals surface area contributed by atoms with Gasteiger partial charge in [0, 0.05) is 17.5 Å². The van der Waals surface area contributed by atoms with Crippen LogP contribution >= 0.6 is 11.8 Å². The van der Waals surface area contributed by atoms with Gasteiger partial charge in [0.15, 0.2) is 5.16 Å². The molecule has 0 bridgehead atoms. The fraction of sp³-hybridized carbons (Fsp3) is 0.148. The zero-order chi connectivity index (χ0) is 23.9. The fourth-order valence-corrected chi connectivity index (χ4v) is 4.04. The van der Waals surface area contributed by atoms with Crippen LogP contribution in [0.3, 0.4) is 0 Å². The number of methoxy groups -OCH3 is 1. The molecular formula is C27H23N3O3S. The van der Waals surface area contributed by atoms with Crippen molar-refractivity contribution in [2.24, 2.45) is 0 Å². The molecule has 4 rings (SSSR count). The minimum absolute atomic E-state index is 0.0250. The molecule has 0 aliphatic heterocycles. The van der Waals surface area contributed by atoms with Gasteiger partial charge in [-0.05, 0) is 41.6 Å². The van der Waals surface area contributed by atoms with Crippen molar-refractivity contribution in [1.29, 1.82) is 5.26 Å². The Morgan fingerprint density at radius 1 is 1.00 bits per heavy atom. The van der Waals surface area contributed by atoms with Crippen molar-refractivity contribution in [3.8, 4) is 28.8 Å². The number of para-hydroxylation sites is 1. The van der Waals surface area contributed by atoms with Crippen molar-refractivity contribution in [2.75, 3.05) is 13.4 Å². The minimum atomic E-state index is -0.458. The van der Waals surface area contributed by atoms with Crippen LogP contribution in [0.25, 0.3) is 11.3 Å². The Bertz CT molecular complexity index is 1390. The number of nitrogens with one attached hydrogen (secondary N) is 1. The number of nitriles is 1. The van der Waals surface area contributed by atoms with Crippen molar-refractivity contribution < 1.29 is 9.47 Å². The first-order valence-corrected chi connectivity index (χ1v) is 11.9. The van der Waals surface area contributed by atoms with Crippen LogP contribution in [0.1, 0.15) is 22.3 Å². The lowest BCUT2D eigenvalue weighted by Crippen LogP contribution is -2.14. The van der Waals surface area contributed by atoms with Gasteiger partial charge < -0.3 is 14.5 Å². The summed E-state index contributed by atoms with van der Waals surface area (Å²) in [6.07, 6.45) is 2.57. The van der Waals surface area contributed by atoms with E-state index in [9.17, 15) is 10.1 Å². The Balaban J connectivity index is 1.65. The molecule has 0 amide bonds. The van der Waals surface area contributed by atoms with Crippen LogP contribution in [0.4, 0.5) is 0 Å². The van der Waals surface area contributed by atoms with Crippen LogP contribution in [0.5, 0.6) is 11.5 Å². The second kappa shape index (κ2) is 10.7. The Kier molecular flexibility index (Phi) is 7.31. The molecule has 0 saturated carbocycles. The standard InChI is InChI=1S/C27H23N3O3S/c1-32-23-13-12-20(25-22(16-28)26(31)30-27(29-25)34-2)15-21(23)17-33-24-11-7-6-10-19(24)14-18-8-4-3-5-9-18/h3-13,15H,14,17H2,1-2H3,(H,29,30,31). The molecule has 7 heteroatoms. The molecule has 1 heterocycles. The van der Waals surface area contributed by atoms with Gasteiger partial charge in [0.25, 0.3) is 5.56 Å². The third-order valence-electron chi connectivity index (χ3n) is 5.35. The second-order valence-electron chi connectivity index (χ2n) is 7.50. The summed E-state index contributed by atoms with van der Waals surface area (Å²) in [5.74, 6) is 1.44. The van der Waals surface area contributed by atoms with Crippen molar-refractivity contribution in [3.63, 3.8) is 0 Å². The molecule has 0 unspecified atom stereocenters. The summed E-state index contributed by atoms with van der Waals surface area (Å²) in [7, 11) is 1.60. The Labute approximate surface area is 202 Å². The van der Waals surface area contributed by atoms with E-state index < -0.39 is 5.56 Å². The monoisotopic (exact) mass is 469 g/mol. The predicted octanol–water partition coefficient (Wildman–Crippen LogP) is 5.21. The molecule has 1 N–H and O–H groups in total. The molecule has 0 spiro atoms. The lowest BCUT2D eigenvalue weighted by Gasteiger charge is -2.15. The Morgan fingerprint density at radius 3 is 2.50 bits per heavy atom. The number of hydrogen-bond acceptors (Lipinski definition) is 6. The van der Waals surface area contributed by atoms with Crippen LogP contribution in [0.15, 0.2) is 82.7 Å². The Morgan fingerprint density at radius 2 is 1.76 bits per heavy atom. The molecule has 4 aromatic rings. The largest absolute Gasteiger partial charge is 0.496 e. The summed E-state index contributed by atoms with van der Waals surface area (Å²) >= 11 is 1.31. The number of ether oxygens (including phenoxy) is 2. The van der Waals surface area contributed by atoms with E-state index in [4.69, 9.17) is 9.47 Å². The van der Waals surface area contributed by atoms with Gasteiger partial charge in [-0.25, -0.2) is 4.98 Å². The number of hydrogen-bond donors (Lipinski definition) is 1. The first-order chi connectivity index (χ1) is 16.6. The van der Waals surface area contributed by atoms with E-state index in [1.54, 1.807) is 19.2 Å². The van der Waals surface area contributed by atoms with Crippen LogP contribution < -0.4 is 15.0 Å². The van der Waals surface area contributed by atoms with E-state index in [1.165, 1.54) is 17.3 Å². The number of benzene rings is 3. The van der Waals surface area contributed by atoms with Gasteiger partial charge in [-0.3, -0.25) is 4.79 Å². The van der Waals surface area contributed by atoms with Crippen LogP contribution in [0, 0.1) is 11.3 Å². The van der Waals surface area contributed by atoms with Crippen molar-refractivity contribution in [1.82, 2.24) is 9.97 Å². The van der Waals surface area contributed by atoms with Gasteiger partial charge in [-0.2, -0.15) is 5.26 Å². The highest BCUT2D eigenvalue weighted by Gasteiger charge is 2.16. The first-order valence-electron chi connectivity index (χ1n) is 10.6. The van der Waals surface area contributed by atoms with Gasteiger partial charge in [-0.15, -0.1) is 0 Å². The van der Waals surface area contributed by atoms with E-state index in [2.05, 4.69) is 28.2 Å². The zero-order valence-corrected chi connectivity index (χ0v) is 19.7. The molecule has 34 heavy (non-hydrogen) atoms. The highest BCUT2D eigenvalue weighted by Crippen LogP contribution is 2.29. The maximum Gasteiger partial charge on any atom is 0.270 e. The van der Waals surface area contributed by atoms with Crippen LogP contribution in [0.2, 0.25) is 0 Å². The predicted molar refractivity (Wildman–Crippen MR) is 133 cm³/mol. The smallest absolute Gasteiger partial charge is 0.270 e. The lowest BCUT2D eigenvalue weighted by molar-refractivity contribution is 0.294. The summed E-state index contributed by atoms with van der Waals surface area (Å²) < 4.78 is 11.8. The third-order valence-corrected chi connectivity index (χ3v) is 5.93. The molecule has 3 aromatic carbocycles. The second-order valence-corrected chi connectivity index (χ2v) is 8.29. The molecule has 0 aliphatic carbocycles. The lowest BCUT2D eigenvalue weighted by atomic mass is 10.0. The molecule has 0 radical (unpaired) electrons. The fourth-order valence-electron chi connectivity index (χ4n) is 3.66. The molecule has 0 saturated heterocycles. The summed E-state index contributed by atoms with van der Waals surface area (Å²) in [5, 5.41) is 9.98. The van der Waals surface area contributed by atoms with Gasteiger partial charge in [0.05, 0.1) is 12.8 Å². The molecular weight excluding hydrogens is 446 g/mol. The number of rotatable bonds is 8. The highest BCUT2D eigenvalue weighted by molar-refractivity contribution is 7.98. The molecule has 1 aromatic heterocycles. The summed E-state index contributed by atoms with van der Waals surface area (Å²) in [4.78, 5) is 19.4. The highest BCUT2D eigenvalue weighted by atomic mass is 32.2. The van der Waals surface area contributed by atoms with Crippen LogP contribution in [-0.2, 0) is 13.0 Å². The van der Waals surface area contributed by atoms with E-state index in [0.29, 0.717) is 22.2 Å². The molecule has 170 valence electrons. The normalized spacial score (nSPS) is 10.5. The molecule has 0 fully saturated rings. The number of H-pyrrole nitrogens is 1. The summed E-state index contributed by atoms with van der Waals surface area (Å²) in [6, 6.07) is 25.6. The van der Waals surface area contributed by atoms with Gasteiger partial charge in [-0.1, -0.05) is 60.3 Å². The van der Waals surface area contributed by atoms with E-state index >= 15 is 0 Å². The summed E-state index contributed by atoms with van der Waals surface area (Å²) in [5.41, 5.74) is 3.57. The van der Waals surface area contributed by atoms with Crippen molar-refractivity contribution in [2.45, 2.75) is 18.2 Å². The quantitative estimate of drug-likeness (QED) is 0.282. The molecule has 6 nitrogen and oxygen atoms in total. The van der Waals surface area contributed by atoms with E-state index in [0.717, 1.165) is 23.3 Å². The van der Waals surface area contributed by atoms with E-state index in [-0.39, 0.29) is 12.2 Å². The third kappa shape index (κ3) is 5.13.